The Morgan fingerprint density at radius 3 is 2.60 bits per heavy atom. The molecule has 0 fully saturated rings. The van der Waals surface area contributed by atoms with Gasteiger partial charge in [-0.2, -0.15) is 18.3 Å². The summed E-state index contributed by atoms with van der Waals surface area (Å²) in [7, 11) is 0. The highest BCUT2D eigenvalue weighted by molar-refractivity contribution is 5.96. The van der Waals surface area contributed by atoms with Gasteiger partial charge in [0.1, 0.15) is 0 Å². The van der Waals surface area contributed by atoms with E-state index in [0.29, 0.717) is 42.1 Å². The third kappa shape index (κ3) is 8.99. The van der Waals surface area contributed by atoms with Crippen molar-refractivity contribution >= 4 is 35.4 Å². The Morgan fingerprint density at radius 2 is 1.91 bits per heavy atom. The van der Waals surface area contributed by atoms with Crippen molar-refractivity contribution in [2.45, 2.75) is 44.8 Å². The Balaban J connectivity index is 0.00000177. The van der Waals surface area contributed by atoms with Gasteiger partial charge < -0.3 is 32.5 Å². The third-order valence-electron chi connectivity index (χ3n) is 6.62. The molecule has 0 bridgehead atoms. The van der Waals surface area contributed by atoms with E-state index < -0.39 is 17.9 Å². The summed E-state index contributed by atoms with van der Waals surface area (Å²) in [6.45, 7) is 2.67. The molecule has 0 aliphatic heterocycles. The molecular formula is C28H35F3N10O4. The number of aromatic nitrogens is 5. The number of rotatable bonds is 13. The lowest BCUT2D eigenvalue weighted by atomic mass is 10.0. The first kappa shape index (κ1) is 34.5. The number of imidazole rings is 1. The van der Waals surface area contributed by atoms with Gasteiger partial charge in [-0.1, -0.05) is 13.3 Å². The summed E-state index contributed by atoms with van der Waals surface area (Å²) in [6.07, 6.45) is 3.50. The van der Waals surface area contributed by atoms with E-state index in [4.69, 9.17) is 21.4 Å². The molecule has 17 heteroatoms. The molecule has 0 spiro atoms. The van der Waals surface area contributed by atoms with Gasteiger partial charge in [-0.15, -0.1) is 0 Å². The van der Waals surface area contributed by atoms with Crippen molar-refractivity contribution in [3.8, 4) is 11.3 Å². The quantitative estimate of drug-likeness (QED) is 0.0843. The summed E-state index contributed by atoms with van der Waals surface area (Å²) in [4.78, 5) is 41.9. The number of halogens is 3. The monoisotopic (exact) mass is 632 g/mol. The molecule has 3 heterocycles. The summed E-state index contributed by atoms with van der Waals surface area (Å²) in [5, 5.41) is 21.2. The normalized spacial score (nSPS) is 11.8. The smallest absolute Gasteiger partial charge is 0.435 e. The zero-order valence-electron chi connectivity index (χ0n) is 24.4. The lowest BCUT2D eigenvalue weighted by molar-refractivity contribution is -0.140. The fourth-order valence-corrected chi connectivity index (χ4v) is 4.46. The molecule has 242 valence electrons. The van der Waals surface area contributed by atoms with Crippen LogP contribution in [-0.4, -0.2) is 73.6 Å². The van der Waals surface area contributed by atoms with Gasteiger partial charge in [0, 0.05) is 42.9 Å². The van der Waals surface area contributed by atoms with Crippen LogP contribution < -0.4 is 27.4 Å². The van der Waals surface area contributed by atoms with Crippen molar-refractivity contribution in [3.05, 3.63) is 59.8 Å². The number of unbranched alkanes of at least 4 members (excludes halogenated alkanes) is 1. The number of nitrogens with one attached hydrogen (secondary N) is 4. The minimum Gasteiger partial charge on any atom is -0.483 e. The van der Waals surface area contributed by atoms with Gasteiger partial charge in [-0.05, 0) is 49.6 Å². The Hall–Kier alpha value is -5.03. The number of carboxylic acid groups (broad SMARTS) is 1. The Labute approximate surface area is 255 Å². The molecule has 45 heavy (non-hydrogen) atoms. The lowest BCUT2D eigenvalue weighted by Crippen LogP contribution is -2.43. The van der Waals surface area contributed by atoms with Crippen molar-refractivity contribution < 1.29 is 32.7 Å². The van der Waals surface area contributed by atoms with E-state index in [1.165, 1.54) is 29.2 Å². The molecule has 4 rings (SSSR count). The largest absolute Gasteiger partial charge is 0.483 e. The number of fused-ring (bicyclic) bond motifs is 1. The first-order valence-electron chi connectivity index (χ1n) is 14.0. The van der Waals surface area contributed by atoms with E-state index in [2.05, 4.69) is 36.1 Å². The zero-order chi connectivity index (χ0) is 33.0. The minimum absolute atomic E-state index is 0.138. The first-order valence-corrected chi connectivity index (χ1v) is 14.0. The number of amides is 2. The molecular weight excluding hydrogens is 597 g/mol. The molecule has 0 radical (unpaired) electrons. The average Bonchev–Trinajstić information content (AvgIpc) is 3.67. The van der Waals surface area contributed by atoms with Crippen LogP contribution in [0.3, 0.4) is 0 Å². The molecule has 9 N–H and O–H groups in total. The van der Waals surface area contributed by atoms with Gasteiger partial charge in [-0.25, -0.2) is 9.97 Å². The summed E-state index contributed by atoms with van der Waals surface area (Å²) in [5.74, 6) is -0.250. The van der Waals surface area contributed by atoms with Crippen molar-refractivity contribution in [1.82, 2.24) is 35.2 Å². The molecule has 0 aliphatic carbocycles. The fraction of sp³-hybridized carbons (Fsp3) is 0.357. The predicted octanol–water partition coefficient (Wildman–Crippen LogP) is 2.45. The van der Waals surface area contributed by atoms with Crippen LogP contribution in [0.1, 0.15) is 47.8 Å². The second-order valence-corrected chi connectivity index (χ2v) is 9.65. The highest BCUT2D eigenvalue weighted by Crippen LogP contribution is 2.36. The summed E-state index contributed by atoms with van der Waals surface area (Å²) >= 11 is 0. The molecule has 1 atom stereocenters. The SMILES string of the molecule is CCc1cc(Nc2nccn3c(-c4c[nH]nc4C(F)(F)F)cnc23)ccc1C(=O)NCCNC(=O)[C@@H](N)CCCCN.O=CO. The maximum atomic E-state index is 13.4. The number of aromatic amines is 1. The van der Waals surface area contributed by atoms with E-state index in [1.807, 2.05) is 6.92 Å². The zero-order valence-corrected chi connectivity index (χ0v) is 24.4. The molecule has 0 saturated carbocycles. The number of aryl methyl sites for hydroxylation is 1. The Bertz CT molecular complexity index is 1590. The number of carbonyl (C=O) groups is 3. The topological polar surface area (TPSA) is 218 Å². The van der Waals surface area contributed by atoms with Crippen molar-refractivity contribution in [1.29, 1.82) is 0 Å². The van der Waals surface area contributed by atoms with Crippen LogP contribution in [-0.2, 0) is 22.2 Å². The number of carbonyl (C=O) groups excluding carboxylic acids is 2. The molecule has 2 amide bonds. The van der Waals surface area contributed by atoms with Gasteiger partial charge in [0.25, 0.3) is 12.4 Å². The second kappa shape index (κ2) is 16.2. The van der Waals surface area contributed by atoms with Gasteiger partial charge in [-0.3, -0.25) is 23.9 Å². The molecule has 0 aliphatic rings. The van der Waals surface area contributed by atoms with E-state index in [9.17, 15) is 22.8 Å². The van der Waals surface area contributed by atoms with E-state index in [0.717, 1.165) is 18.4 Å². The van der Waals surface area contributed by atoms with Crippen LogP contribution in [0.5, 0.6) is 0 Å². The number of nitrogens with two attached hydrogens (primary N) is 2. The number of alkyl halides is 3. The maximum absolute atomic E-state index is 13.4. The van der Waals surface area contributed by atoms with Gasteiger partial charge in [0.15, 0.2) is 17.2 Å². The summed E-state index contributed by atoms with van der Waals surface area (Å²) < 4.78 is 41.7. The van der Waals surface area contributed by atoms with Crippen molar-refractivity contribution in [2.24, 2.45) is 11.5 Å². The van der Waals surface area contributed by atoms with Crippen LogP contribution in [0.4, 0.5) is 24.7 Å². The molecule has 3 aromatic heterocycles. The highest BCUT2D eigenvalue weighted by Gasteiger charge is 2.37. The molecule has 0 unspecified atom stereocenters. The van der Waals surface area contributed by atoms with Crippen LogP contribution >= 0.6 is 0 Å². The van der Waals surface area contributed by atoms with Gasteiger partial charge >= 0.3 is 6.18 Å². The third-order valence-corrected chi connectivity index (χ3v) is 6.62. The predicted molar refractivity (Wildman–Crippen MR) is 160 cm³/mol. The average molecular weight is 633 g/mol. The number of nitrogens with zero attached hydrogens (tertiary/aromatic N) is 4. The van der Waals surface area contributed by atoms with Crippen LogP contribution in [0, 0.1) is 0 Å². The first-order chi connectivity index (χ1) is 21.5. The molecule has 14 nitrogen and oxygen atoms in total. The summed E-state index contributed by atoms with van der Waals surface area (Å²) in [6, 6.07) is 4.55. The van der Waals surface area contributed by atoms with E-state index >= 15 is 0 Å². The van der Waals surface area contributed by atoms with Crippen molar-refractivity contribution in [2.75, 3.05) is 25.0 Å². The van der Waals surface area contributed by atoms with Crippen LogP contribution in [0.2, 0.25) is 0 Å². The number of benzene rings is 1. The number of H-pyrrole nitrogens is 1. The van der Waals surface area contributed by atoms with E-state index in [1.54, 1.807) is 18.2 Å². The number of anilines is 2. The number of hydrogen-bond acceptors (Lipinski definition) is 9. The maximum Gasteiger partial charge on any atom is 0.435 e. The molecule has 4 aromatic rings. The van der Waals surface area contributed by atoms with Crippen molar-refractivity contribution in [3.63, 3.8) is 0 Å². The molecule has 0 saturated heterocycles. The van der Waals surface area contributed by atoms with Crippen LogP contribution in [0.25, 0.3) is 16.9 Å². The minimum atomic E-state index is -4.63. The lowest BCUT2D eigenvalue weighted by Gasteiger charge is -2.14. The Morgan fingerprint density at radius 1 is 1.18 bits per heavy atom. The van der Waals surface area contributed by atoms with Gasteiger partial charge in [0.05, 0.1) is 23.5 Å². The highest BCUT2D eigenvalue weighted by atomic mass is 19.4. The summed E-state index contributed by atoms with van der Waals surface area (Å²) in [5.41, 5.74) is 12.5. The molecule has 1 aromatic carbocycles. The Kier molecular flexibility index (Phi) is 12.4. The van der Waals surface area contributed by atoms with E-state index in [-0.39, 0.29) is 42.6 Å². The second-order valence-electron chi connectivity index (χ2n) is 9.65. The van der Waals surface area contributed by atoms with Gasteiger partial charge in [0.2, 0.25) is 5.91 Å². The van der Waals surface area contributed by atoms with Crippen LogP contribution in [0.15, 0.2) is 43.0 Å². The standard InChI is InChI=1S/C27H33F3N10O2.CH2O2/c1-2-16-13-17(6-7-18(16)25(41)34-9-10-35-26(42)20(32)5-3-4-8-31)38-23-24-36-15-21(40(24)12-11-33-23)19-14-37-39-22(19)27(28,29)30;2-1-3/h6-7,11-15,20H,2-5,8-10,31-32H2,1H3,(H,33,38)(H,34,41)(H,35,42)(H,37,39);1H,(H,2,3)/t20-;/m0./s1. The fourth-order valence-electron chi connectivity index (χ4n) is 4.46. The number of hydrogen-bond donors (Lipinski definition) is 7.